The molecule has 0 saturated heterocycles. The second-order valence-electron chi connectivity index (χ2n) is 2.52. The summed E-state index contributed by atoms with van der Waals surface area (Å²) in [5.41, 5.74) is 0.480. The van der Waals surface area contributed by atoms with E-state index >= 15 is 0 Å². The molecule has 0 unspecified atom stereocenters. The van der Waals surface area contributed by atoms with E-state index in [1.807, 2.05) is 0 Å². The van der Waals surface area contributed by atoms with Crippen LogP contribution >= 0.6 is 0 Å². The van der Waals surface area contributed by atoms with Crippen LogP contribution in [0.25, 0.3) is 5.78 Å². The molecule has 0 amide bonds. The fourth-order valence-corrected chi connectivity index (χ4v) is 1.04. The lowest BCUT2D eigenvalue weighted by Crippen LogP contribution is -1.99. The van der Waals surface area contributed by atoms with Crippen LogP contribution in [-0.4, -0.2) is 30.7 Å². The van der Waals surface area contributed by atoms with Gasteiger partial charge >= 0.3 is 5.97 Å². The highest BCUT2D eigenvalue weighted by atomic mass is 16.4. The van der Waals surface area contributed by atoms with Crippen molar-refractivity contribution in [1.29, 1.82) is 0 Å². The lowest BCUT2D eigenvalue weighted by molar-refractivity contribution is -0.136. The Hall–Kier alpha value is -1.98. The van der Waals surface area contributed by atoms with Gasteiger partial charge in [0, 0.05) is 12.4 Å². The van der Waals surface area contributed by atoms with Crippen LogP contribution in [0.1, 0.15) is 5.69 Å². The molecule has 0 fully saturated rings. The Bertz CT molecular complexity index is 417. The van der Waals surface area contributed by atoms with Gasteiger partial charge in [0.1, 0.15) is 0 Å². The highest BCUT2D eigenvalue weighted by Gasteiger charge is 2.05. The highest BCUT2D eigenvalue weighted by Crippen LogP contribution is 2.00. The topological polar surface area (TPSA) is 80.4 Å². The van der Waals surface area contributed by atoms with Crippen molar-refractivity contribution in [3.8, 4) is 0 Å². The van der Waals surface area contributed by atoms with Gasteiger partial charge in [0.05, 0.1) is 18.3 Å². The van der Waals surface area contributed by atoms with E-state index in [0.29, 0.717) is 11.5 Å². The number of hydrogen-bond acceptors (Lipinski definition) is 4. The molecule has 1 N–H and O–H groups in total. The molecule has 6 heteroatoms. The van der Waals surface area contributed by atoms with Crippen molar-refractivity contribution in [3.05, 3.63) is 24.3 Å². The highest BCUT2D eigenvalue weighted by molar-refractivity contribution is 5.69. The third kappa shape index (κ3) is 1.46. The number of nitrogens with zero attached hydrogens (tertiary/aromatic N) is 4. The van der Waals surface area contributed by atoms with E-state index in [1.165, 1.54) is 6.20 Å². The van der Waals surface area contributed by atoms with E-state index < -0.39 is 5.97 Å². The van der Waals surface area contributed by atoms with Gasteiger partial charge in [-0.2, -0.15) is 5.10 Å². The number of carbonyl (C=O) groups is 1. The molecule has 0 aliphatic heterocycles. The SMILES string of the molecule is O=C(O)Cc1cn2ccnnc2n1. The monoisotopic (exact) mass is 178 g/mol. The molecule has 2 heterocycles. The predicted molar refractivity (Wildman–Crippen MR) is 42.1 cm³/mol. The largest absolute Gasteiger partial charge is 0.481 e. The number of imidazole rings is 1. The second-order valence-corrected chi connectivity index (χ2v) is 2.52. The van der Waals surface area contributed by atoms with Crippen LogP contribution in [0.2, 0.25) is 0 Å². The molecular formula is C7H6N4O2. The smallest absolute Gasteiger partial charge is 0.309 e. The van der Waals surface area contributed by atoms with E-state index in [4.69, 9.17) is 5.11 Å². The first-order chi connectivity index (χ1) is 6.25. The summed E-state index contributed by atoms with van der Waals surface area (Å²) >= 11 is 0. The van der Waals surface area contributed by atoms with Crippen molar-refractivity contribution in [1.82, 2.24) is 19.6 Å². The van der Waals surface area contributed by atoms with E-state index in [-0.39, 0.29) is 6.42 Å². The molecule has 13 heavy (non-hydrogen) atoms. The lowest BCUT2D eigenvalue weighted by Gasteiger charge is -1.85. The molecule has 0 aromatic carbocycles. The third-order valence-corrected chi connectivity index (χ3v) is 1.54. The number of aliphatic carboxylic acids is 1. The molecule has 66 valence electrons. The zero-order valence-electron chi connectivity index (χ0n) is 6.58. The average Bonchev–Trinajstić information content (AvgIpc) is 2.44. The van der Waals surface area contributed by atoms with Crippen molar-refractivity contribution >= 4 is 11.7 Å². The van der Waals surface area contributed by atoms with Crippen LogP contribution in [0, 0.1) is 0 Å². The molecule has 2 rings (SSSR count). The lowest BCUT2D eigenvalue weighted by atomic mass is 10.3. The standard InChI is InChI=1S/C7H6N4O2/c12-6(13)3-5-4-11-2-1-8-10-7(11)9-5/h1-2,4H,3H2,(H,12,13). The van der Waals surface area contributed by atoms with Gasteiger partial charge in [-0.1, -0.05) is 0 Å². The van der Waals surface area contributed by atoms with Crippen LogP contribution in [0.15, 0.2) is 18.6 Å². The summed E-state index contributed by atoms with van der Waals surface area (Å²) in [5.74, 6) is -0.491. The molecule has 0 spiro atoms. The molecule has 0 aliphatic carbocycles. The Morgan fingerprint density at radius 2 is 2.46 bits per heavy atom. The maximum absolute atomic E-state index is 10.4. The van der Waals surface area contributed by atoms with Crippen LogP contribution < -0.4 is 0 Å². The zero-order chi connectivity index (χ0) is 9.26. The van der Waals surface area contributed by atoms with Gasteiger partial charge < -0.3 is 5.11 Å². The van der Waals surface area contributed by atoms with Crippen LogP contribution in [-0.2, 0) is 11.2 Å². The van der Waals surface area contributed by atoms with E-state index in [0.717, 1.165) is 0 Å². The first-order valence-corrected chi connectivity index (χ1v) is 3.63. The van der Waals surface area contributed by atoms with Crippen LogP contribution in [0.3, 0.4) is 0 Å². The Labute approximate surface area is 72.9 Å². The van der Waals surface area contributed by atoms with E-state index in [2.05, 4.69) is 15.2 Å². The summed E-state index contributed by atoms with van der Waals surface area (Å²) in [5, 5.41) is 15.8. The Morgan fingerprint density at radius 3 is 3.15 bits per heavy atom. The van der Waals surface area contributed by atoms with Gasteiger partial charge in [-0.3, -0.25) is 9.20 Å². The normalized spacial score (nSPS) is 10.5. The van der Waals surface area contributed by atoms with Crippen LogP contribution in [0.4, 0.5) is 0 Å². The minimum absolute atomic E-state index is 0.0939. The van der Waals surface area contributed by atoms with Gasteiger partial charge in [-0.25, -0.2) is 4.98 Å². The fraction of sp³-hybridized carbons (Fsp3) is 0.143. The van der Waals surface area contributed by atoms with E-state index in [9.17, 15) is 4.79 Å². The Kier molecular flexibility index (Phi) is 1.66. The number of carboxylic acid groups (broad SMARTS) is 1. The van der Waals surface area contributed by atoms with Crippen molar-refractivity contribution in [2.24, 2.45) is 0 Å². The first kappa shape index (κ1) is 7.66. The maximum atomic E-state index is 10.4. The number of carboxylic acids is 1. The quantitative estimate of drug-likeness (QED) is 0.685. The van der Waals surface area contributed by atoms with Crippen molar-refractivity contribution in [2.45, 2.75) is 6.42 Å². The summed E-state index contributed by atoms with van der Waals surface area (Å²) in [7, 11) is 0. The molecule has 0 bridgehead atoms. The Morgan fingerprint density at radius 1 is 1.62 bits per heavy atom. The summed E-state index contributed by atoms with van der Waals surface area (Å²) in [4.78, 5) is 14.3. The molecule has 0 saturated carbocycles. The van der Waals surface area contributed by atoms with Crippen molar-refractivity contribution in [3.63, 3.8) is 0 Å². The molecule has 0 atom stereocenters. The van der Waals surface area contributed by atoms with E-state index in [1.54, 1.807) is 16.8 Å². The maximum Gasteiger partial charge on any atom is 0.309 e. The van der Waals surface area contributed by atoms with Gasteiger partial charge in [-0.05, 0) is 0 Å². The van der Waals surface area contributed by atoms with Gasteiger partial charge in [-0.15, -0.1) is 5.10 Å². The van der Waals surface area contributed by atoms with Crippen LogP contribution in [0.5, 0.6) is 0 Å². The number of hydrogen-bond donors (Lipinski definition) is 1. The Balaban J connectivity index is 2.44. The van der Waals surface area contributed by atoms with Gasteiger partial charge in [0.2, 0.25) is 0 Å². The minimum Gasteiger partial charge on any atom is -0.481 e. The second kappa shape index (κ2) is 2.81. The van der Waals surface area contributed by atoms with Crippen molar-refractivity contribution in [2.75, 3.05) is 0 Å². The molecule has 2 aromatic heterocycles. The molecule has 0 radical (unpaired) electrons. The summed E-state index contributed by atoms with van der Waals surface area (Å²) in [6.07, 6.45) is 4.71. The summed E-state index contributed by atoms with van der Waals surface area (Å²) in [6, 6.07) is 0. The third-order valence-electron chi connectivity index (χ3n) is 1.54. The number of aromatic nitrogens is 4. The number of fused-ring (bicyclic) bond motifs is 1. The molecule has 2 aromatic rings. The molecule has 0 aliphatic rings. The molecule has 6 nitrogen and oxygen atoms in total. The fourth-order valence-electron chi connectivity index (χ4n) is 1.04. The molecular weight excluding hydrogens is 172 g/mol. The first-order valence-electron chi connectivity index (χ1n) is 3.63. The summed E-state index contributed by atoms with van der Waals surface area (Å²) in [6.45, 7) is 0. The van der Waals surface area contributed by atoms with Gasteiger partial charge in [0.25, 0.3) is 5.78 Å². The van der Waals surface area contributed by atoms with Crippen molar-refractivity contribution < 1.29 is 9.90 Å². The van der Waals surface area contributed by atoms with Gasteiger partial charge in [0.15, 0.2) is 0 Å². The number of rotatable bonds is 2. The minimum atomic E-state index is -0.906. The average molecular weight is 178 g/mol. The zero-order valence-corrected chi connectivity index (χ0v) is 6.58. The predicted octanol–water partition coefficient (Wildman–Crippen LogP) is -0.249. The summed E-state index contributed by atoms with van der Waals surface area (Å²) < 4.78 is 1.63.